The average Bonchev–Trinajstić information content (AvgIpc) is 2.55. The quantitative estimate of drug-likeness (QED) is 0.508. The van der Waals surface area contributed by atoms with E-state index in [1.54, 1.807) is 0 Å². The molecule has 1 saturated carbocycles. The Morgan fingerprint density at radius 2 is 2.21 bits per heavy atom. The molecule has 2 aliphatic carbocycles. The van der Waals surface area contributed by atoms with Crippen LogP contribution in [0, 0.1) is 17.8 Å². The monoisotopic (exact) mass is 194 g/mol. The molecule has 78 valence electrons. The molecule has 0 unspecified atom stereocenters. The van der Waals surface area contributed by atoms with E-state index in [1.165, 1.54) is 0 Å². The van der Waals surface area contributed by atoms with Crippen molar-refractivity contribution in [1.29, 1.82) is 0 Å². The maximum Gasteiger partial charge on any atom is 0.125 e. The molecule has 2 aliphatic rings. The van der Waals surface area contributed by atoms with Crippen LogP contribution >= 0.6 is 0 Å². The Bertz CT molecular complexity index is 234. The van der Waals surface area contributed by atoms with E-state index in [2.05, 4.69) is 12.2 Å². The SMILES string of the molecule is CCO[C@@H]1C[C@H]2CC=CC[C@@H]2[C@H]1C=O. The fourth-order valence-electron chi connectivity index (χ4n) is 2.95. The summed E-state index contributed by atoms with van der Waals surface area (Å²) in [5.74, 6) is 1.38. The van der Waals surface area contributed by atoms with Crippen LogP contribution < -0.4 is 0 Å². The summed E-state index contributed by atoms with van der Waals surface area (Å²) in [7, 11) is 0. The number of carbonyl (C=O) groups excluding carboxylic acids is 1. The van der Waals surface area contributed by atoms with E-state index in [1.807, 2.05) is 6.92 Å². The highest BCUT2D eigenvalue weighted by atomic mass is 16.5. The number of hydrogen-bond donors (Lipinski definition) is 0. The number of rotatable bonds is 3. The van der Waals surface area contributed by atoms with Crippen LogP contribution in [0.2, 0.25) is 0 Å². The molecule has 0 aromatic carbocycles. The summed E-state index contributed by atoms with van der Waals surface area (Å²) in [5, 5.41) is 0. The molecule has 0 aromatic heterocycles. The number of allylic oxidation sites excluding steroid dienone is 2. The second kappa shape index (κ2) is 4.26. The molecule has 0 saturated heterocycles. The zero-order valence-electron chi connectivity index (χ0n) is 8.69. The van der Waals surface area contributed by atoms with Crippen molar-refractivity contribution in [3.05, 3.63) is 12.2 Å². The second-order valence-electron chi connectivity index (χ2n) is 4.31. The van der Waals surface area contributed by atoms with Crippen molar-refractivity contribution in [2.24, 2.45) is 17.8 Å². The molecule has 2 rings (SSSR count). The molecule has 0 aliphatic heterocycles. The zero-order chi connectivity index (χ0) is 9.97. The maximum absolute atomic E-state index is 11.0. The van der Waals surface area contributed by atoms with Crippen LogP contribution in [0.5, 0.6) is 0 Å². The summed E-state index contributed by atoms with van der Waals surface area (Å²) in [5.41, 5.74) is 0. The van der Waals surface area contributed by atoms with Gasteiger partial charge in [0.2, 0.25) is 0 Å². The van der Waals surface area contributed by atoms with Crippen LogP contribution in [0.4, 0.5) is 0 Å². The molecule has 0 spiro atoms. The van der Waals surface area contributed by atoms with E-state index in [0.717, 1.165) is 32.2 Å². The van der Waals surface area contributed by atoms with E-state index in [-0.39, 0.29) is 12.0 Å². The molecule has 2 heteroatoms. The van der Waals surface area contributed by atoms with Gasteiger partial charge >= 0.3 is 0 Å². The minimum absolute atomic E-state index is 0.143. The van der Waals surface area contributed by atoms with Crippen LogP contribution in [0.3, 0.4) is 0 Å². The zero-order valence-corrected chi connectivity index (χ0v) is 8.69. The lowest BCUT2D eigenvalue weighted by Crippen LogP contribution is -2.24. The third kappa shape index (κ3) is 1.63. The van der Waals surface area contributed by atoms with Crippen molar-refractivity contribution in [3.8, 4) is 0 Å². The van der Waals surface area contributed by atoms with Gasteiger partial charge in [0.15, 0.2) is 0 Å². The lowest BCUT2D eigenvalue weighted by molar-refractivity contribution is -0.116. The Morgan fingerprint density at radius 3 is 2.93 bits per heavy atom. The molecule has 1 fully saturated rings. The van der Waals surface area contributed by atoms with Gasteiger partial charge in [0.25, 0.3) is 0 Å². The molecule has 0 radical (unpaired) electrons. The summed E-state index contributed by atoms with van der Waals surface area (Å²) < 4.78 is 5.64. The Labute approximate surface area is 85.3 Å². The molecule has 0 heterocycles. The first-order valence-corrected chi connectivity index (χ1v) is 5.58. The van der Waals surface area contributed by atoms with E-state index >= 15 is 0 Å². The lowest BCUT2D eigenvalue weighted by atomic mass is 9.82. The molecular formula is C12H18O2. The number of fused-ring (bicyclic) bond motifs is 1. The van der Waals surface area contributed by atoms with Gasteiger partial charge in [0.05, 0.1) is 6.10 Å². The molecule has 0 N–H and O–H groups in total. The highest BCUT2D eigenvalue weighted by Gasteiger charge is 2.43. The summed E-state index contributed by atoms with van der Waals surface area (Å²) in [4.78, 5) is 11.0. The predicted molar refractivity (Wildman–Crippen MR) is 54.9 cm³/mol. The normalized spacial score (nSPS) is 40.9. The molecule has 0 amide bonds. The van der Waals surface area contributed by atoms with Gasteiger partial charge in [-0.3, -0.25) is 0 Å². The minimum Gasteiger partial charge on any atom is -0.378 e. The largest absolute Gasteiger partial charge is 0.378 e. The molecule has 0 aromatic rings. The Morgan fingerprint density at radius 1 is 1.43 bits per heavy atom. The van der Waals surface area contributed by atoms with Gasteiger partial charge in [-0.05, 0) is 38.0 Å². The summed E-state index contributed by atoms with van der Waals surface area (Å²) >= 11 is 0. The smallest absolute Gasteiger partial charge is 0.125 e. The van der Waals surface area contributed by atoms with E-state index < -0.39 is 0 Å². The van der Waals surface area contributed by atoms with Crippen LogP contribution in [0.15, 0.2) is 12.2 Å². The van der Waals surface area contributed by atoms with Gasteiger partial charge in [-0.2, -0.15) is 0 Å². The average molecular weight is 194 g/mol. The van der Waals surface area contributed by atoms with Crippen LogP contribution in [-0.2, 0) is 9.53 Å². The van der Waals surface area contributed by atoms with Crippen molar-refractivity contribution < 1.29 is 9.53 Å². The molecule has 2 nitrogen and oxygen atoms in total. The topological polar surface area (TPSA) is 26.3 Å². The van der Waals surface area contributed by atoms with E-state index in [0.29, 0.717) is 11.8 Å². The highest BCUT2D eigenvalue weighted by molar-refractivity contribution is 5.56. The van der Waals surface area contributed by atoms with Crippen molar-refractivity contribution >= 4 is 6.29 Å². The first-order chi connectivity index (χ1) is 6.86. The Kier molecular flexibility index (Phi) is 3.02. The number of aldehydes is 1. The van der Waals surface area contributed by atoms with Crippen LogP contribution in [0.1, 0.15) is 26.2 Å². The summed E-state index contributed by atoms with van der Waals surface area (Å²) in [6.45, 7) is 2.73. The standard InChI is InChI=1S/C12H18O2/c1-2-14-12-7-9-5-3-4-6-10(9)11(12)8-13/h3-4,8-12H,2,5-7H2,1H3/t9-,10+,11-,12-/m1/s1. The fourth-order valence-corrected chi connectivity index (χ4v) is 2.95. The van der Waals surface area contributed by atoms with Gasteiger partial charge in [-0.1, -0.05) is 12.2 Å². The van der Waals surface area contributed by atoms with Crippen molar-refractivity contribution in [2.45, 2.75) is 32.3 Å². The lowest BCUT2D eigenvalue weighted by Gasteiger charge is -2.23. The summed E-state index contributed by atoms with van der Waals surface area (Å²) in [6.07, 6.45) is 9.04. The number of ether oxygens (including phenoxy) is 1. The number of carbonyl (C=O) groups is 1. The third-order valence-corrected chi connectivity index (χ3v) is 3.62. The van der Waals surface area contributed by atoms with E-state index in [4.69, 9.17) is 4.74 Å². The number of hydrogen-bond acceptors (Lipinski definition) is 2. The van der Waals surface area contributed by atoms with Crippen molar-refractivity contribution in [2.75, 3.05) is 6.61 Å². The third-order valence-electron chi connectivity index (χ3n) is 3.62. The molecule has 0 bridgehead atoms. The Balaban J connectivity index is 2.07. The van der Waals surface area contributed by atoms with Crippen LogP contribution in [-0.4, -0.2) is 19.0 Å². The minimum atomic E-state index is 0.143. The van der Waals surface area contributed by atoms with Crippen molar-refractivity contribution in [3.63, 3.8) is 0 Å². The Hall–Kier alpha value is -0.630. The van der Waals surface area contributed by atoms with Crippen LogP contribution in [0.25, 0.3) is 0 Å². The molecule has 14 heavy (non-hydrogen) atoms. The van der Waals surface area contributed by atoms with Gasteiger partial charge in [0, 0.05) is 12.5 Å². The first-order valence-electron chi connectivity index (χ1n) is 5.58. The first kappa shape index (κ1) is 9.91. The fraction of sp³-hybridized carbons (Fsp3) is 0.750. The highest BCUT2D eigenvalue weighted by Crippen LogP contribution is 2.44. The predicted octanol–water partition coefficient (Wildman–Crippen LogP) is 2.19. The van der Waals surface area contributed by atoms with Gasteiger partial charge in [-0.25, -0.2) is 0 Å². The molecule has 4 atom stereocenters. The summed E-state index contributed by atoms with van der Waals surface area (Å²) in [6, 6.07) is 0. The van der Waals surface area contributed by atoms with Gasteiger partial charge < -0.3 is 9.53 Å². The molecular weight excluding hydrogens is 176 g/mol. The second-order valence-corrected chi connectivity index (χ2v) is 4.31. The van der Waals surface area contributed by atoms with Gasteiger partial charge in [-0.15, -0.1) is 0 Å². The maximum atomic E-state index is 11.0. The van der Waals surface area contributed by atoms with Crippen molar-refractivity contribution in [1.82, 2.24) is 0 Å². The van der Waals surface area contributed by atoms with Gasteiger partial charge in [0.1, 0.15) is 6.29 Å². The van der Waals surface area contributed by atoms with E-state index in [9.17, 15) is 4.79 Å².